The molecule has 0 aliphatic carbocycles. The van der Waals surface area contributed by atoms with Crippen LogP contribution in [0.3, 0.4) is 0 Å². The summed E-state index contributed by atoms with van der Waals surface area (Å²) in [4.78, 5) is 14.1. The van der Waals surface area contributed by atoms with Crippen LogP contribution in [0.5, 0.6) is 0 Å². The molecule has 1 saturated heterocycles. The van der Waals surface area contributed by atoms with Gasteiger partial charge in [0.05, 0.1) is 6.61 Å². The van der Waals surface area contributed by atoms with Crippen molar-refractivity contribution < 1.29 is 9.53 Å². The highest BCUT2D eigenvalue weighted by atomic mass is 16.6. The Morgan fingerprint density at radius 1 is 1.11 bits per heavy atom. The Morgan fingerprint density at radius 2 is 1.89 bits per heavy atom. The monoisotopic (exact) mass is 269 g/mol. The van der Waals surface area contributed by atoms with Crippen molar-refractivity contribution in [1.29, 1.82) is 0 Å². The van der Waals surface area contributed by atoms with Crippen molar-refractivity contribution in [2.45, 2.75) is 84.1 Å². The van der Waals surface area contributed by atoms with Gasteiger partial charge in [-0.05, 0) is 32.1 Å². The van der Waals surface area contributed by atoms with Crippen molar-refractivity contribution in [2.75, 3.05) is 13.2 Å². The minimum Gasteiger partial charge on any atom is -0.449 e. The van der Waals surface area contributed by atoms with Crippen molar-refractivity contribution >= 4 is 6.09 Å². The fraction of sp³-hybridized carbons (Fsp3) is 0.938. The number of unbranched alkanes of at least 4 members (excludes halogenated alkanes) is 4. The molecule has 0 saturated carbocycles. The number of carbonyl (C=O) groups excluding carboxylic acids is 1. The summed E-state index contributed by atoms with van der Waals surface area (Å²) in [5, 5.41) is 0. The number of likely N-dealkylation sites (tertiary alicyclic amines) is 1. The second-order valence-corrected chi connectivity index (χ2v) is 5.66. The van der Waals surface area contributed by atoms with Crippen LogP contribution in [-0.4, -0.2) is 30.2 Å². The summed E-state index contributed by atoms with van der Waals surface area (Å²) >= 11 is 0. The molecule has 1 atom stereocenters. The Bertz CT molecular complexity index is 243. The molecule has 1 amide bonds. The molecule has 1 heterocycles. The molecule has 1 aliphatic rings. The maximum absolute atomic E-state index is 12.1. The number of rotatable bonds is 8. The topological polar surface area (TPSA) is 29.5 Å². The van der Waals surface area contributed by atoms with E-state index >= 15 is 0 Å². The van der Waals surface area contributed by atoms with Crippen molar-refractivity contribution in [3.63, 3.8) is 0 Å². The average Bonchev–Trinajstić information content (AvgIpc) is 2.45. The smallest absolute Gasteiger partial charge is 0.410 e. The van der Waals surface area contributed by atoms with Crippen LogP contribution < -0.4 is 0 Å². The third-order valence-corrected chi connectivity index (χ3v) is 3.98. The van der Waals surface area contributed by atoms with Crippen LogP contribution in [-0.2, 0) is 4.74 Å². The SMILES string of the molecule is CCCCCCOC(=O)N1CCCC[C@H]1CCCC. The number of ether oxygens (including phenoxy) is 1. The van der Waals surface area contributed by atoms with E-state index in [0.29, 0.717) is 12.6 Å². The molecule has 112 valence electrons. The van der Waals surface area contributed by atoms with Gasteiger partial charge in [-0.25, -0.2) is 4.79 Å². The van der Waals surface area contributed by atoms with Gasteiger partial charge in [-0.15, -0.1) is 0 Å². The van der Waals surface area contributed by atoms with E-state index in [1.807, 2.05) is 4.90 Å². The molecule has 1 fully saturated rings. The molecular weight excluding hydrogens is 238 g/mol. The molecule has 1 rings (SSSR count). The van der Waals surface area contributed by atoms with Gasteiger partial charge in [0, 0.05) is 12.6 Å². The highest BCUT2D eigenvalue weighted by Crippen LogP contribution is 2.22. The first-order valence-electron chi connectivity index (χ1n) is 8.23. The second-order valence-electron chi connectivity index (χ2n) is 5.66. The lowest BCUT2D eigenvalue weighted by atomic mass is 9.98. The molecule has 1 aliphatic heterocycles. The molecular formula is C16H31NO2. The van der Waals surface area contributed by atoms with Crippen molar-refractivity contribution in [2.24, 2.45) is 0 Å². The van der Waals surface area contributed by atoms with E-state index in [4.69, 9.17) is 4.74 Å². The lowest BCUT2D eigenvalue weighted by Gasteiger charge is -2.35. The van der Waals surface area contributed by atoms with Gasteiger partial charge in [-0.1, -0.05) is 46.0 Å². The number of amides is 1. The quantitative estimate of drug-likeness (QED) is 0.595. The molecule has 3 nitrogen and oxygen atoms in total. The van der Waals surface area contributed by atoms with Crippen LogP contribution in [0.15, 0.2) is 0 Å². The lowest BCUT2D eigenvalue weighted by Crippen LogP contribution is -2.44. The summed E-state index contributed by atoms with van der Waals surface area (Å²) < 4.78 is 5.43. The number of piperidine rings is 1. The van der Waals surface area contributed by atoms with Gasteiger partial charge >= 0.3 is 6.09 Å². The first-order chi connectivity index (χ1) is 9.29. The number of hydrogen-bond acceptors (Lipinski definition) is 2. The number of hydrogen-bond donors (Lipinski definition) is 0. The third kappa shape index (κ3) is 6.31. The van der Waals surface area contributed by atoms with Gasteiger partial charge in [-0.3, -0.25) is 0 Å². The lowest BCUT2D eigenvalue weighted by molar-refractivity contribution is 0.0692. The van der Waals surface area contributed by atoms with Crippen LogP contribution in [0, 0.1) is 0 Å². The maximum Gasteiger partial charge on any atom is 0.410 e. The number of nitrogens with zero attached hydrogens (tertiary/aromatic N) is 1. The fourth-order valence-corrected chi connectivity index (χ4v) is 2.75. The first-order valence-corrected chi connectivity index (χ1v) is 8.23. The zero-order chi connectivity index (χ0) is 13.9. The highest BCUT2D eigenvalue weighted by Gasteiger charge is 2.26. The molecule has 0 radical (unpaired) electrons. The standard InChI is InChI=1S/C16H31NO2/c1-3-5-7-10-14-19-16(18)17-13-9-8-12-15(17)11-6-4-2/h15H,3-14H2,1-2H3/t15-/m1/s1. The molecule has 0 aromatic heterocycles. The molecule has 19 heavy (non-hydrogen) atoms. The van der Waals surface area contributed by atoms with E-state index in [1.54, 1.807) is 0 Å². The van der Waals surface area contributed by atoms with Gasteiger partial charge in [-0.2, -0.15) is 0 Å². The van der Waals surface area contributed by atoms with E-state index in [9.17, 15) is 4.79 Å². The van der Waals surface area contributed by atoms with Gasteiger partial charge < -0.3 is 9.64 Å². The second kappa shape index (κ2) is 10.1. The van der Waals surface area contributed by atoms with Gasteiger partial charge in [0.2, 0.25) is 0 Å². The van der Waals surface area contributed by atoms with Crippen molar-refractivity contribution in [3.05, 3.63) is 0 Å². The minimum atomic E-state index is -0.0719. The Kier molecular flexibility index (Phi) is 8.68. The molecule has 0 unspecified atom stereocenters. The summed E-state index contributed by atoms with van der Waals surface area (Å²) in [6.07, 6.45) is 11.7. The Morgan fingerprint density at radius 3 is 2.63 bits per heavy atom. The van der Waals surface area contributed by atoms with Crippen LogP contribution in [0.1, 0.15) is 78.1 Å². The normalized spacial score (nSPS) is 19.5. The van der Waals surface area contributed by atoms with Gasteiger partial charge in [0.25, 0.3) is 0 Å². The van der Waals surface area contributed by atoms with Gasteiger partial charge in [0.15, 0.2) is 0 Å². The van der Waals surface area contributed by atoms with Crippen molar-refractivity contribution in [3.8, 4) is 0 Å². The predicted molar refractivity (Wildman–Crippen MR) is 79.4 cm³/mol. The van der Waals surface area contributed by atoms with Crippen LogP contribution in [0.2, 0.25) is 0 Å². The number of carbonyl (C=O) groups is 1. The average molecular weight is 269 g/mol. The Balaban J connectivity index is 2.26. The fourth-order valence-electron chi connectivity index (χ4n) is 2.75. The van der Waals surface area contributed by atoms with E-state index in [0.717, 1.165) is 32.2 Å². The summed E-state index contributed by atoms with van der Waals surface area (Å²) in [7, 11) is 0. The van der Waals surface area contributed by atoms with E-state index < -0.39 is 0 Å². The van der Waals surface area contributed by atoms with Crippen molar-refractivity contribution in [1.82, 2.24) is 4.90 Å². The zero-order valence-corrected chi connectivity index (χ0v) is 12.8. The van der Waals surface area contributed by atoms with Gasteiger partial charge in [0.1, 0.15) is 0 Å². The van der Waals surface area contributed by atoms with Crippen LogP contribution >= 0.6 is 0 Å². The Hall–Kier alpha value is -0.730. The molecule has 0 aromatic rings. The third-order valence-electron chi connectivity index (χ3n) is 3.98. The van der Waals surface area contributed by atoms with Crippen LogP contribution in [0.4, 0.5) is 4.79 Å². The summed E-state index contributed by atoms with van der Waals surface area (Å²) in [5.41, 5.74) is 0. The Labute approximate surface area is 118 Å². The predicted octanol–water partition coefficient (Wildman–Crippen LogP) is 4.75. The molecule has 0 N–H and O–H groups in total. The summed E-state index contributed by atoms with van der Waals surface area (Å²) in [5.74, 6) is 0. The zero-order valence-electron chi connectivity index (χ0n) is 12.8. The van der Waals surface area contributed by atoms with E-state index in [1.165, 1.54) is 38.5 Å². The first kappa shape index (κ1) is 16.3. The summed E-state index contributed by atoms with van der Waals surface area (Å²) in [6.45, 7) is 5.88. The molecule has 0 aromatic carbocycles. The summed E-state index contributed by atoms with van der Waals surface area (Å²) in [6, 6.07) is 0.428. The highest BCUT2D eigenvalue weighted by molar-refractivity contribution is 5.68. The minimum absolute atomic E-state index is 0.0719. The van der Waals surface area contributed by atoms with E-state index in [2.05, 4.69) is 13.8 Å². The maximum atomic E-state index is 12.1. The molecule has 0 spiro atoms. The van der Waals surface area contributed by atoms with Crippen LogP contribution in [0.25, 0.3) is 0 Å². The molecule has 0 bridgehead atoms. The van der Waals surface area contributed by atoms with E-state index in [-0.39, 0.29) is 6.09 Å². The molecule has 3 heteroatoms. The largest absolute Gasteiger partial charge is 0.449 e.